The van der Waals surface area contributed by atoms with E-state index in [0.29, 0.717) is 24.9 Å². The Morgan fingerprint density at radius 2 is 2.10 bits per heavy atom. The zero-order valence-electron chi connectivity index (χ0n) is 12.0. The van der Waals surface area contributed by atoms with Gasteiger partial charge in [0.15, 0.2) is 11.5 Å². The highest BCUT2D eigenvalue weighted by Crippen LogP contribution is 2.52. The van der Waals surface area contributed by atoms with E-state index in [1.54, 1.807) is 0 Å². The maximum absolute atomic E-state index is 5.83. The van der Waals surface area contributed by atoms with Crippen LogP contribution in [0.4, 0.5) is 0 Å². The van der Waals surface area contributed by atoms with E-state index in [4.69, 9.17) is 14.2 Å². The van der Waals surface area contributed by atoms with E-state index in [9.17, 15) is 0 Å². The highest BCUT2D eigenvalue weighted by Gasteiger charge is 2.58. The topological polar surface area (TPSA) is 39.7 Å². The second-order valence-corrected chi connectivity index (χ2v) is 6.61. The quantitative estimate of drug-likeness (QED) is 0.919. The highest BCUT2D eigenvalue weighted by molar-refractivity contribution is 5.44. The first kappa shape index (κ1) is 12.5. The molecule has 4 nitrogen and oxygen atoms in total. The van der Waals surface area contributed by atoms with Crippen LogP contribution in [-0.4, -0.2) is 25.5 Å². The van der Waals surface area contributed by atoms with Crippen molar-refractivity contribution < 1.29 is 14.2 Å². The van der Waals surface area contributed by atoms with Crippen LogP contribution in [0.1, 0.15) is 25.8 Å². The van der Waals surface area contributed by atoms with E-state index in [1.165, 1.54) is 12.0 Å². The molecule has 1 N–H and O–H groups in total. The maximum Gasteiger partial charge on any atom is 0.231 e. The standard InChI is InChI=1S/C16H21NO3/c1-16(2)14(11-5-6-18-15(11)16)17-8-10-3-4-12-13(7-10)20-9-19-12/h3-4,7,11,14-15,17H,5-6,8-9H2,1-2H3/t11-,14+,15-/m0/s1. The van der Waals surface area contributed by atoms with E-state index >= 15 is 0 Å². The van der Waals surface area contributed by atoms with Gasteiger partial charge in [0.05, 0.1) is 6.10 Å². The first-order chi connectivity index (χ1) is 9.66. The molecule has 0 aromatic heterocycles. The Bertz CT molecular complexity index is 528. The average molecular weight is 275 g/mol. The molecule has 0 amide bonds. The van der Waals surface area contributed by atoms with Crippen molar-refractivity contribution in [2.24, 2.45) is 11.3 Å². The number of ether oxygens (including phenoxy) is 3. The van der Waals surface area contributed by atoms with Crippen LogP contribution >= 0.6 is 0 Å². The van der Waals surface area contributed by atoms with Gasteiger partial charge in [-0.3, -0.25) is 0 Å². The van der Waals surface area contributed by atoms with E-state index < -0.39 is 0 Å². The van der Waals surface area contributed by atoms with E-state index in [1.807, 2.05) is 6.07 Å². The molecule has 3 aliphatic rings. The SMILES string of the molecule is CC1(C)[C@H](NCc2ccc3c(c2)OCO3)[C@@H]2CCO[C@@H]21. The predicted octanol–water partition coefficient (Wildman–Crippen LogP) is 2.32. The number of fused-ring (bicyclic) bond motifs is 2. The van der Waals surface area contributed by atoms with Crippen LogP contribution < -0.4 is 14.8 Å². The van der Waals surface area contributed by atoms with Crippen molar-refractivity contribution >= 4 is 0 Å². The van der Waals surface area contributed by atoms with E-state index in [2.05, 4.69) is 31.3 Å². The van der Waals surface area contributed by atoms with Crippen molar-refractivity contribution in [3.8, 4) is 11.5 Å². The van der Waals surface area contributed by atoms with Gasteiger partial charge in [0, 0.05) is 30.5 Å². The first-order valence-electron chi connectivity index (χ1n) is 7.40. The summed E-state index contributed by atoms with van der Waals surface area (Å²) in [5.74, 6) is 2.39. The van der Waals surface area contributed by atoms with Gasteiger partial charge in [-0.05, 0) is 24.1 Å². The molecule has 4 rings (SSSR count). The summed E-state index contributed by atoms with van der Waals surface area (Å²) in [5, 5.41) is 3.71. The lowest BCUT2D eigenvalue weighted by atomic mass is 9.57. The molecular formula is C16H21NO3. The van der Waals surface area contributed by atoms with Crippen molar-refractivity contribution in [2.75, 3.05) is 13.4 Å². The molecule has 1 aliphatic carbocycles. The van der Waals surface area contributed by atoms with Crippen molar-refractivity contribution in [2.45, 2.75) is 39.0 Å². The minimum atomic E-state index is 0.234. The molecule has 0 spiro atoms. The van der Waals surface area contributed by atoms with Crippen molar-refractivity contribution in [1.29, 1.82) is 0 Å². The lowest BCUT2D eigenvalue weighted by Crippen LogP contribution is -2.65. The lowest BCUT2D eigenvalue weighted by Gasteiger charge is -2.55. The second-order valence-electron chi connectivity index (χ2n) is 6.61. The molecule has 1 aromatic rings. The minimum Gasteiger partial charge on any atom is -0.454 e. The highest BCUT2D eigenvalue weighted by atomic mass is 16.7. The van der Waals surface area contributed by atoms with Crippen molar-refractivity contribution in [3.05, 3.63) is 23.8 Å². The molecule has 3 atom stereocenters. The summed E-state index contributed by atoms with van der Waals surface area (Å²) in [7, 11) is 0. The number of rotatable bonds is 3. The number of hydrogen-bond acceptors (Lipinski definition) is 4. The number of hydrogen-bond donors (Lipinski definition) is 1. The summed E-state index contributed by atoms with van der Waals surface area (Å²) in [6, 6.07) is 6.71. The fraction of sp³-hybridized carbons (Fsp3) is 0.625. The zero-order chi connectivity index (χ0) is 13.7. The van der Waals surface area contributed by atoms with Crippen LogP contribution in [0.5, 0.6) is 11.5 Å². The summed E-state index contributed by atoms with van der Waals surface area (Å²) >= 11 is 0. The molecule has 0 unspecified atom stereocenters. The van der Waals surface area contributed by atoms with Gasteiger partial charge in [0.1, 0.15) is 0 Å². The van der Waals surface area contributed by atoms with Gasteiger partial charge in [-0.15, -0.1) is 0 Å². The molecule has 4 heteroatoms. The van der Waals surface area contributed by atoms with Crippen LogP contribution in [0, 0.1) is 11.3 Å². The summed E-state index contributed by atoms with van der Waals surface area (Å²) in [4.78, 5) is 0. The Labute approximate surface area is 119 Å². The fourth-order valence-corrected chi connectivity index (χ4v) is 4.02. The van der Waals surface area contributed by atoms with Gasteiger partial charge in [-0.1, -0.05) is 19.9 Å². The van der Waals surface area contributed by atoms with Crippen molar-refractivity contribution in [1.82, 2.24) is 5.32 Å². The zero-order valence-corrected chi connectivity index (χ0v) is 12.0. The van der Waals surface area contributed by atoms with Crippen molar-refractivity contribution in [3.63, 3.8) is 0 Å². The maximum atomic E-state index is 5.83. The van der Waals surface area contributed by atoms with Crippen LogP contribution in [0.3, 0.4) is 0 Å². The summed E-state index contributed by atoms with van der Waals surface area (Å²) in [6.45, 7) is 6.73. The normalized spacial score (nSPS) is 32.8. The largest absolute Gasteiger partial charge is 0.454 e. The molecule has 108 valence electrons. The summed E-state index contributed by atoms with van der Waals surface area (Å²) in [6.07, 6.45) is 1.63. The Morgan fingerprint density at radius 3 is 3.00 bits per heavy atom. The molecule has 1 saturated heterocycles. The van der Waals surface area contributed by atoms with Gasteiger partial charge in [-0.2, -0.15) is 0 Å². The van der Waals surface area contributed by atoms with E-state index in [0.717, 1.165) is 24.7 Å². The lowest BCUT2D eigenvalue weighted by molar-refractivity contribution is -0.113. The molecule has 0 bridgehead atoms. The monoisotopic (exact) mass is 275 g/mol. The fourth-order valence-electron chi connectivity index (χ4n) is 4.02. The average Bonchev–Trinajstić information content (AvgIpc) is 3.05. The second kappa shape index (κ2) is 4.37. The molecule has 20 heavy (non-hydrogen) atoms. The molecule has 2 fully saturated rings. The number of nitrogens with one attached hydrogen (secondary N) is 1. The Morgan fingerprint density at radius 1 is 1.25 bits per heavy atom. The molecule has 0 radical (unpaired) electrons. The molecule has 2 heterocycles. The smallest absolute Gasteiger partial charge is 0.231 e. The molecular weight excluding hydrogens is 254 g/mol. The Balaban J connectivity index is 1.43. The third-order valence-corrected chi connectivity index (χ3v) is 5.06. The third-order valence-electron chi connectivity index (χ3n) is 5.06. The Kier molecular flexibility index (Phi) is 2.72. The van der Waals surface area contributed by atoms with Gasteiger partial charge in [-0.25, -0.2) is 0 Å². The third kappa shape index (κ3) is 1.75. The van der Waals surface area contributed by atoms with Crippen LogP contribution in [0.25, 0.3) is 0 Å². The minimum absolute atomic E-state index is 0.234. The summed E-state index contributed by atoms with van der Waals surface area (Å²) < 4.78 is 16.6. The number of benzene rings is 1. The van der Waals surface area contributed by atoms with Gasteiger partial charge >= 0.3 is 0 Å². The van der Waals surface area contributed by atoms with Crippen LogP contribution in [0.2, 0.25) is 0 Å². The van der Waals surface area contributed by atoms with Gasteiger partial charge < -0.3 is 19.5 Å². The van der Waals surface area contributed by atoms with Crippen LogP contribution in [0.15, 0.2) is 18.2 Å². The molecule has 1 saturated carbocycles. The Hall–Kier alpha value is -1.26. The molecule has 1 aromatic carbocycles. The van der Waals surface area contributed by atoms with Crippen LogP contribution in [-0.2, 0) is 11.3 Å². The van der Waals surface area contributed by atoms with Gasteiger partial charge in [0.2, 0.25) is 6.79 Å². The van der Waals surface area contributed by atoms with E-state index in [-0.39, 0.29) is 5.41 Å². The molecule has 2 aliphatic heterocycles. The predicted molar refractivity (Wildman–Crippen MR) is 74.8 cm³/mol. The van der Waals surface area contributed by atoms with Gasteiger partial charge in [0.25, 0.3) is 0 Å². The summed E-state index contributed by atoms with van der Waals surface area (Å²) in [5.41, 5.74) is 1.48. The first-order valence-corrected chi connectivity index (χ1v) is 7.40.